The standard InChI is InChI=1S/C8H19NO4S/c1-4-13-5-6-14(11,12)9(3)8(2)7-10/h8,10H,4-7H2,1-3H3. The van der Waals surface area contributed by atoms with Gasteiger partial charge in [-0.2, -0.15) is 4.31 Å². The predicted molar refractivity (Wildman–Crippen MR) is 54.6 cm³/mol. The summed E-state index contributed by atoms with van der Waals surface area (Å²) in [4.78, 5) is 0. The fraction of sp³-hybridized carbons (Fsp3) is 1.00. The van der Waals surface area contributed by atoms with Crippen LogP contribution in [0.3, 0.4) is 0 Å². The van der Waals surface area contributed by atoms with Gasteiger partial charge in [-0.15, -0.1) is 0 Å². The predicted octanol–water partition coefficient (Wildman–Crippen LogP) is -0.335. The average Bonchev–Trinajstić information content (AvgIpc) is 2.15. The molecule has 1 atom stereocenters. The summed E-state index contributed by atoms with van der Waals surface area (Å²) in [5.74, 6) is -0.0400. The first kappa shape index (κ1) is 13.8. The third-order valence-corrected chi connectivity index (χ3v) is 3.93. The lowest BCUT2D eigenvalue weighted by atomic mass is 10.4. The summed E-state index contributed by atoms with van der Waals surface area (Å²) in [5, 5.41) is 8.80. The van der Waals surface area contributed by atoms with E-state index < -0.39 is 10.0 Å². The normalized spacial score (nSPS) is 14.6. The van der Waals surface area contributed by atoms with E-state index in [1.807, 2.05) is 6.92 Å². The number of aliphatic hydroxyl groups excluding tert-OH is 1. The zero-order valence-corrected chi connectivity index (χ0v) is 9.75. The first-order valence-corrected chi connectivity index (χ1v) is 6.21. The third-order valence-electron chi connectivity index (χ3n) is 2.01. The molecule has 0 spiro atoms. The topological polar surface area (TPSA) is 66.8 Å². The summed E-state index contributed by atoms with van der Waals surface area (Å²) >= 11 is 0. The van der Waals surface area contributed by atoms with E-state index in [9.17, 15) is 8.42 Å². The highest BCUT2D eigenvalue weighted by Gasteiger charge is 2.22. The minimum atomic E-state index is -3.30. The lowest BCUT2D eigenvalue weighted by Crippen LogP contribution is -2.39. The molecule has 0 aliphatic heterocycles. The maximum absolute atomic E-state index is 11.5. The first-order valence-electron chi connectivity index (χ1n) is 4.60. The molecule has 0 aromatic rings. The number of likely N-dealkylation sites (N-methyl/N-ethyl adjacent to an activating group) is 1. The van der Waals surface area contributed by atoms with Crippen LogP contribution in [0.2, 0.25) is 0 Å². The SMILES string of the molecule is CCOCCS(=O)(=O)N(C)C(C)CO. The van der Waals surface area contributed by atoms with E-state index in [-0.39, 0.29) is 25.0 Å². The minimum absolute atomic E-state index is 0.0400. The van der Waals surface area contributed by atoms with E-state index in [1.54, 1.807) is 6.92 Å². The van der Waals surface area contributed by atoms with Gasteiger partial charge in [-0.3, -0.25) is 0 Å². The highest BCUT2D eigenvalue weighted by atomic mass is 32.2. The van der Waals surface area contributed by atoms with Gasteiger partial charge in [-0.1, -0.05) is 0 Å². The maximum atomic E-state index is 11.5. The molecule has 0 saturated carbocycles. The smallest absolute Gasteiger partial charge is 0.216 e. The van der Waals surface area contributed by atoms with Crippen LogP contribution in [0, 0.1) is 0 Å². The number of ether oxygens (including phenoxy) is 1. The molecule has 0 amide bonds. The van der Waals surface area contributed by atoms with Crippen molar-refractivity contribution in [3.8, 4) is 0 Å². The van der Waals surface area contributed by atoms with Crippen molar-refractivity contribution >= 4 is 10.0 Å². The van der Waals surface area contributed by atoms with Gasteiger partial charge in [-0.05, 0) is 13.8 Å². The van der Waals surface area contributed by atoms with Crippen molar-refractivity contribution in [3.05, 3.63) is 0 Å². The fourth-order valence-corrected chi connectivity index (χ4v) is 2.07. The van der Waals surface area contributed by atoms with Gasteiger partial charge in [-0.25, -0.2) is 8.42 Å². The highest BCUT2D eigenvalue weighted by molar-refractivity contribution is 7.89. The van der Waals surface area contributed by atoms with Crippen molar-refractivity contribution in [1.29, 1.82) is 0 Å². The third kappa shape index (κ3) is 4.36. The Morgan fingerprint density at radius 1 is 1.50 bits per heavy atom. The van der Waals surface area contributed by atoms with Crippen LogP contribution in [0.25, 0.3) is 0 Å². The Bertz CT molecular complexity index is 240. The van der Waals surface area contributed by atoms with E-state index >= 15 is 0 Å². The molecule has 1 unspecified atom stereocenters. The molecule has 0 heterocycles. The molecule has 0 aromatic carbocycles. The van der Waals surface area contributed by atoms with Gasteiger partial charge in [0.25, 0.3) is 0 Å². The van der Waals surface area contributed by atoms with Crippen molar-refractivity contribution in [3.63, 3.8) is 0 Å². The first-order chi connectivity index (χ1) is 6.45. The molecule has 0 fully saturated rings. The van der Waals surface area contributed by atoms with Crippen LogP contribution >= 0.6 is 0 Å². The van der Waals surface area contributed by atoms with Gasteiger partial charge in [0.1, 0.15) is 0 Å². The number of hydrogen-bond donors (Lipinski definition) is 1. The van der Waals surface area contributed by atoms with Crippen LogP contribution in [0.15, 0.2) is 0 Å². The molecule has 0 bridgehead atoms. The van der Waals surface area contributed by atoms with Crippen LogP contribution in [-0.2, 0) is 14.8 Å². The second-order valence-electron chi connectivity index (χ2n) is 3.06. The lowest BCUT2D eigenvalue weighted by Gasteiger charge is -2.22. The van der Waals surface area contributed by atoms with Crippen molar-refractivity contribution in [1.82, 2.24) is 4.31 Å². The highest BCUT2D eigenvalue weighted by Crippen LogP contribution is 2.03. The monoisotopic (exact) mass is 225 g/mol. The second-order valence-corrected chi connectivity index (χ2v) is 5.21. The quantitative estimate of drug-likeness (QED) is 0.602. The number of rotatable bonds is 7. The van der Waals surface area contributed by atoms with Crippen molar-refractivity contribution < 1.29 is 18.3 Å². The Kier molecular flexibility index (Phi) is 6.26. The van der Waals surface area contributed by atoms with E-state index in [0.29, 0.717) is 6.61 Å². The Hall–Kier alpha value is -0.170. The number of nitrogens with zero attached hydrogens (tertiary/aromatic N) is 1. The Labute approximate surface area is 85.7 Å². The summed E-state index contributed by atoms with van der Waals surface area (Å²) in [7, 11) is -1.84. The summed E-state index contributed by atoms with van der Waals surface area (Å²) in [6, 6.07) is -0.387. The molecule has 0 saturated heterocycles. The van der Waals surface area contributed by atoms with Crippen LogP contribution in [-0.4, -0.2) is 56.5 Å². The number of sulfonamides is 1. The molecule has 86 valence electrons. The second kappa shape index (κ2) is 6.34. The van der Waals surface area contributed by atoms with Crippen LogP contribution in [0.1, 0.15) is 13.8 Å². The maximum Gasteiger partial charge on any atom is 0.216 e. The Morgan fingerprint density at radius 3 is 2.50 bits per heavy atom. The van der Waals surface area contributed by atoms with Gasteiger partial charge >= 0.3 is 0 Å². The fourth-order valence-electron chi connectivity index (χ4n) is 0.842. The molecule has 0 aliphatic carbocycles. The molecule has 0 radical (unpaired) electrons. The number of aliphatic hydroxyl groups is 1. The zero-order valence-electron chi connectivity index (χ0n) is 8.93. The van der Waals surface area contributed by atoms with Crippen LogP contribution in [0.4, 0.5) is 0 Å². The summed E-state index contributed by atoms with van der Waals surface area (Å²) in [6.45, 7) is 3.99. The number of hydrogen-bond acceptors (Lipinski definition) is 4. The summed E-state index contributed by atoms with van der Waals surface area (Å²) < 4.78 is 29.2. The molecule has 1 N–H and O–H groups in total. The molecule has 14 heavy (non-hydrogen) atoms. The van der Waals surface area contributed by atoms with Gasteiger partial charge in [0, 0.05) is 19.7 Å². The van der Waals surface area contributed by atoms with E-state index in [0.717, 1.165) is 0 Å². The van der Waals surface area contributed by atoms with E-state index in [2.05, 4.69) is 0 Å². The summed E-state index contributed by atoms with van der Waals surface area (Å²) in [6.07, 6.45) is 0. The van der Waals surface area contributed by atoms with Crippen molar-refractivity contribution in [2.45, 2.75) is 19.9 Å². The van der Waals surface area contributed by atoms with Gasteiger partial charge in [0.2, 0.25) is 10.0 Å². The molecular weight excluding hydrogens is 206 g/mol. The van der Waals surface area contributed by atoms with Gasteiger partial charge in [0.15, 0.2) is 0 Å². The molecule has 0 aliphatic rings. The van der Waals surface area contributed by atoms with Crippen molar-refractivity contribution in [2.75, 3.05) is 32.6 Å². The summed E-state index contributed by atoms with van der Waals surface area (Å²) in [5.41, 5.74) is 0. The van der Waals surface area contributed by atoms with Gasteiger partial charge in [0.05, 0.1) is 19.0 Å². The van der Waals surface area contributed by atoms with Crippen LogP contribution in [0.5, 0.6) is 0 Å². The average molecular weight is 225 g/mol. The van der Waals surface area contributed by atoms with Crippen LogP contribution < -0.4 is 0 Å². The Morgan fingerprint density at radius 2 is 2.07 bits per heavy atom. The van der Waals surface area contributed by atoms with Crippen molar-refractivity contribution in [2.24, 2.45) is 0 Å². The largest absolute Gasteiger partial charge is 0.395 e. The minimum Gasteiger partial charge on any atom is -0.395 e. The zero-order chi connectivity index (χ0) is 11.2. The van der Waals surface area contributed by atoms with E-state index in [1.165, 1.54) is 11.4 Å². The Balaban J connectivity index is 4.17. The van der Waals surface area contributed by atoms with E-state index in [4.69, 9.17) is 9.84 Å². The lowest BCUT2D eigenvalue weighted by molar-refractivity contribution is 0.161. The molecular formula is C8H19NO4S. The van der Waals surface area contributed by atoms with Gasteiger partial charge < -0.3 is 9.84 Å². The molecule has 0 rings (SSSR count). The molecule has 6 heteroatoms. The molecule has 0 aromatic heterocycles. The molecule has 5 nitrogen and oxygen atoms in total.